The van der Waals surface area contributed by atoms with Gasteiger partial charge < -0.3 is 14.5 Å². The Labute approximate surface area is 193 Å². The number of rotatable bonds is 7. The van der Waals surface area contributed by atoms with Crippen molar-refractivity contribution in [1.82, 2.24) is 5.32 Å². The van der Waals surface area contributed by atoms with E-state index >= 15 is 0 Å². The molecule has 0 fully saturated rings. The molecule has 0 radical (unpaired) electrons. The van der Waals surface area contributed by atoms with Gasteiger partial charge in [0.1, 0.15) is 5.75 Å². The molecule has 0 unspecified atom stereocenters. The van der Waals surface area contributed by atoms with E-state index < -0.39 is 15.9 Å². The van der Waals surface area contributed by atoms with Gasteiger partial charge in [0, 0.05) is 11.4 Å². The van der Waals surface area contributed by atoms with Gasteiger partial charge in [-0.2, -0.15) is 0 Å². The number of carbonyl (C=O) groups excluding carboxylic acids is 1. The molecule has 0 aliphatic carbocycles. The minimum absolute atomic E-state index is 0.0423. The Kier molecular flexibility index (Phi) is 7.31. The molecule has 0 saturated carbocycles. The monoisotopic (exact) mass is 523 g/mol. The lowest BCUT2D eigenvalue weighted by Gasteiger charge is -2.11. The summed E-state index contributed by atoms with van der Waals surface area (Å²) in [7, 11) is -3.77. The van der Waals surface area contributed by atoms with E-state index in [1.807, 2.05) is 6.92 Å². The third kappa shape index (κ3) is 6.29. The second-order valence-corrected chi connectivity index (χ2v) is 8.97. The van der Waals surface area contributed by atoms with Crippen LogP contribution in [0.2, 0.25) is 0 Å². The average molecular weight is 524 g/mol. The molecule has 8 nitrogen and oxygen atoms in total. The average Bonchev–Trinajstić information content (AvgIpc) is 3.16. The normalized spacial score (nSPS) is 10.9. The standard InChI is InChI=1S/C20H18BrN3O5S2/c1-2-28-15-7-3-14(4-8-15)24-31(26,27)16-9-5-13(6-10-16)22-20(30)23-19(25)17-11-12-18(21)29-17/h3-12,24H,2H2,1H3,(H2,22,23,25,30). The van der Waals surface area contributed by atoms with Crippen LogP contribution in [0.5, 0.6) is 5.75 Å². The van der Waals surface area contributed by atoms with E-state index in [2.05, 4.69) is 31.3 Å². The van der Waals surface area contributed by atoms with Crippen molar-refractivity contribution in [2.45, 2.75) is 11.8 Å². The molecule has 2 aromatic carbocycles. The van der Waals surface area contributed by atoms with Crippen LogP contribution in [0.25, 0.3) is 0 Å². The first-order valence-electron chi connectivity index (χ1n) is 9.00. The molecule has 0 spiro atoms. The largest absolute Gasteiger partial charge is 0.494 e. The molecule has 1 amide bonds. The SMILES string of the molecule is CCOc1ccc(NS(=O)(=O)c2ccc(NC(=S)NC(=O)c3ccc(Br)o3)cc2)cc1. The van der Waals surface area contributed by atoms with Crippen LogP contribution >= 0.6 is 28.1 Å². The number of carbonyl (C=O) groups is 1. The summed E-state index contributed by atoms with van der Waals surface area (Å²) in [5.74, 6) is 0.239. The first-order valence-corrected chi connectivity index (χ1v) is 11.7. The van der Waals surface area contributed by atoms with Gasteiger partial charge in [-0.15, -0.1) is 0 Å². The van der Waals surface area contributed by atoms with Gasteiger partial charge in [0.2, 0.25) is 0 Å². The molecule has 3 rings (SSSR count). The van der Waals surface area contributed by atoms with Crippen molar-refractivity contribution in [3.05, 3.63) is 71.1 Å². The number of sulfonamides is 1. The van der Waals surface area contributed by atoms with Crippen LogP contribution in [0.3, 0.4) is 0 Å². The number of hydrogen-bond acceptors (Lipinski definition) is 6. The first-order chi connectivity index (χ1) is 14.8. The van der Waals surface area contributed by atoms with E-state index in [1.165, 1.54) is 30.3 Å². The summed E-state index contributed by atoms with van der Waals surface area (Å²) < 4.78 is 38.6. The quantitative estimate of drug-likeness (QED) is 0.394. The van der Waals surface area contributed by atoms with Gasteiger partial charge in [-0.3, -0.25) is 14.8 Å². The van der Waals surface area contributed by atoms with E-state index in [9.17, 15) is 13.2 Å². The van der Waals surface area contributed by atoms with Crippen LogP contribution in [0.15, 0.2) is 74.6 Å². The zero-order chi connectivity index (χ0) is 22.4. The van der Waals surface area contributed by atoms with E-state index in [-0.39, 0.29) is 15.8 Å². The maximum atomic E-state index is 12.6. The Morgan fingerprint density at radius 3 is 2.26 bits per heavy atom. The van der Waals surface area contributed by atoms with Crippen LogP contribution < -0.4 is 20.1 Å². The van der Waals surface area contributed by atoms with Crippen LogP contribution in [-0.2, 0) is 10.0 Å². The number of ether oxygens (including phenoxy) is 1. The lowest BCUT2D eigenvalue weighted by molar-refractivity contribution is 0.0949. The second-order valence-electron chi connectivity index (χ2n) is 6.10. The zero-order valence-corrected chi connectivity index (χ0v) is 19.4. The van der Waals surface area contributed by atoms with Crippen molar-refractivity contribution in [2.24, 2.45) is 0 Å². The summed E-state index contributed by atoms with van der Waals surface area (Å²) in [5.41, 5.74) is 0.921. The highest BCUT2D eigenvalue weighted by Crippen LogP contribution is 2.21. The third-order valence-corrected chi connectivity index (χ3v) is 5.89. The number of anilines is 2. The predicted octanol–water partition coefficient (Wildman–Crippen LogP) is 4.37. The third-order valence-electron chi connectivity index (χ3n) is 3.86. The van der Waals surface area contributed by atoms with Crippen molar-refractivity contribution in [2.75, 3.05) is 16.6 Å². The summed E-state index contributed by atoms with van der Waals surface area (Å²) in [6.45, 7) is 2.40. The highest BCUT2D eigenvalue weighted by Gasteiger charge is 2.15. The molecule has 0 aliphatic heterocycles. The van der Waals surface area contributed by atoms with Crippen LogP contribution in [0.4, 0.5) is 11.4 Å². The van der Waals surface area contributed by atoms with Gasteiger partial charge >= 0.3 is 0 Å². The minimum Gasteiger partial charge on any atom is -0.494 e. The maximum Gasteiger partial charge on any atom is 0.293 e. The van der Waals surface area contributed by atoms with Crippen molar-refractivity contribution < 1.29 is 22.4 Å². The Balaban J connectivity index is 1.60. The number of amides is 1. The number of furan rings is 1. The summed E-state index contributed by atoms with van der Waals surface area (Å²) >= 11 is 8.22. The van der Waals surface area contributed by atoms with Crippen molar-refractivity contribution in [3.63, 3.8) is 0 Å². The molecule has 0 atom stereocenters. The van der Waals surface area contributed by atoms with Gasteiger partial charge in [-0.05, 0) is 95.7 Å². The summed E-state index contributed by atoms with van der Waals surface area (Å²) in [6.07, 6.45) is 0. The number of nitrogens with one attached hydrogen (secondary N) is 3. The molecule has 162 valence electrons. The highest BCUT2D eigenvalue weighted by atomic mass is 79.9. The molecular formula is C20H18BrN3O5S2. The number of halogens is 1. The zero-order valence-electron chi connectivity index (χ0n) is 16.2. The Morgan fingerprint density at radius 2 is 1.68 bits per heavy atom. The molecule has 1 aromatic heterocycles. The van der Waals surface area contributed by atoms with Crippen LogP contribution in [0.1, 0.15) is 17.5 Å². The number of thiocarbonyl (C=S) groups is 1. The molecule has 0 saturated heterocycles. The molecular weight excluding hydrogens is 506 g/mol. The molecule has 1 heterocycles. The van der Waals surface area contributed by atoms with Crippen LogP contribution in [0, 0.1) is 0 Å². The maximum absolute atomic E-state index is 12.6. The molecule has 0 aliphatic rings. The molecule has 31 heavy (non-hydrogen) atoms. The predicted molar refractivity (Wildman–Crippen MR) is 125 cm³/mol. The lowest BCUT2D eigenvalue weighted by Crippen LogP contribution is -2.33. The van der Waals surface area contributed by atoms with Gasteiger partial charge in [0.15, 0.2) is 15.5 Å². The summed E-state index contributed by atoms with van der Waals surface area (Å²) in [5, 5.41) is 5.33. The Bertz CT molecular complexity index is 1180. The lowest BCUT2D eigenvalue weighted by atomic mass is 10.3. The first kappa shape index (κ1) is 22.8. The van der Waals surface area contributed by atoms with Gasteiger partial charge in [0.05, 0.1) is 11.5 Å². The molecule has 3 aromatic rings. The van der Waals surface area contributed by atoms with Gasteiger partial charge in [-0.1, -0.05) is 0 Å². The summed E-state index contributed by atoms with van der Waals surface area (Å²) in [4.78, 5) is 12.1. The van der Waals surface area contributed by atoms with E-state index in [4.69, 9.17) is 21.4 Å². The number of hydrogen-bond donors (Lipinski definition) is 3. The molecule has 0 bridgehead atoms. The highest BCUT2D eigenvalue weighted by molar-refractivity contribution is 9.10. The topological polar surface area (TPSA) is 110 Å². The fourth-order valence-electron chi connectivity index (χ4n) is 2.48. The van der Waals surface area contributed by atoms with Crippen LogP contribution in [-0.4, -0.2) is 26.0 Å². The second kappa shape index (κ2) is 9.94. The van der Waals surface area contributed by atoms with Crippen molar-refractivity contribution in [3.8, 4) is 5.75 Å². The fraction of sp³-hybridized carbons (Fsp3) is 0.100. The fourth-order valence-corrected chi connectivity index (χ4v) is 4.06. The minimum atomic E-state index is -3.77. The van der Waals surface area contributed by atoms with E-state index in [0.717, 1.165) is 0 Å². The van der Waals surface area contributed by atoms with E-state index in [1.54, 1.807) is 30.3 Å². The van der Waals surface area contributed by atoms with Crippen molar-refractivity contribution >= 4 is 60.6 Å². The number of benzene rings is 2. The van der Waals surface area contributed by atoms with E-state index in [0.29, 0.717) is 28.4 Å². The smallest absolute Gasteiger partial charge is 0.293 e. The Morgan fingerprint density at radius 1 is 1.03 bits per heavy atom. The molecule has 3 N–H and O–H groups in total. The Hall–Kier alpha value is -2.89. The summed E-state index contributed by atoms with van der Waals surface area (Å²) in [6, 6.07) is 15.6. The molecule has 11 heteroatoms. The van der Waals surface area contributed by atoms with Crippen molar-refractivity contribution in [1.29, 1.82) is 0 Å². The van der Waals surface area contributed by atoms with Gasteiger partial charge in [0.25, 0.3) is 15.9 Å². The van der Waals surface area contributed by atoms with Gasteiger partial charge in [-0.25, -0.2) is 8.42 Å².